The lowest BCUT2D eigenvalue weighted by Gasteiger charge is -2.15. The zero-order valence-corrected chi connectivity index (χ0v) is 9.96. The molecule has 5 heteroatoms. The van der Waals surface area contributed by atoms with E-state index in [-0.39, 0.29) is 0 Å². The largest absolute Gasteiger partial charge is 0.337 e. The molecule has 0 aromatic carbocycles. The van der Waals surface area contributed by atoms with Gasteiger partial charge in [0.1, 0.15) is 11.6 Å². The van der Waals surface area contributed by atoms with Gasteiger partial charge >= 0.3 is 0 Å². The van der Waals surface area contributed by atoms with Crippen LogP contribution in [0.1, 0.15) is 11.6 Å². The lowest BCUT2D eigenvalue weighted by atomic mass is 10.4. The van der Waals surface area contributed by atoms with Crippen LogP contribution in [0.2, 0.25) is 0 Å². The van der Waals surface area contributed by atoms with E-state index < -0.39 is 0 Å². The lowest BCUT2D eigenvalue weighted by molar-refractivity contribution is 0.296. The molecule has 0 aliphatic rings. The van der Waals surface area contributed by atoms with Crippen molar-refractivity contribution in [1.82, 2.24) is 24.0 Å². The highest BCUT2D eigenvalue weighted by molar-refractivity contribution is 4.94. The van der Waals surface area contributed by atoms with Gasteiger partial charge in [0.2, 0.25) is 0 Å². The smallest absolute Gasteiger partial charge is 0.122 e. The van der Waals surface area contributed by atoms with Crippen molar-refractivity contribution >= 4 is 0 Å². The van der Waals surface area contributed by atoms with Gasteiger partial charge in [-0.05, 0) is 7.05 Å². The molecule has 86 valence electrons. The van der Waals surface area contributed by atoms with Crippen LogP contribution in [0.5, 0.6) is 0 Å². The summed E-state index contributed by atoms with van der Waals surface area (Å²) < 4.78 is 4.07. The molecule has 0 bridgehead atoms. The number of aromatic nitrogens is 4. The first kappa shape index (κ1) is 10.9. The second kappa shape index (κ2) is 4.49. The predicted molar refractivity (Wildman–Crippen MR) is 61.6 cm³/mol. The van der Waals surface area contributed by atoms with E-state index in [1.807, 2.05) is 48.0 Å². The normalized spacial score (nSPS) is 11.2. The third-order valence-electron chi connectivity index (χ3n) is 2.66. The van der Waals surface area contributed by atoms with Gasteiger partial charge in [-0.1, -0.05) is 0 Å². The molecular formula is C11H17N5. The van der Waals surface area contributed by atoms with Crippen LogP contribution in [0.25, 0.3) is 0 Å². The molecule has 0 unspecified atom stereocenters. The fourth-order valence-corrected chi connectivity index (χ4v) is 1.64. The molecule has 5 nitrogen and oxygen atoms in total. The van der Waals surface area contributed by atoms with E-state index in [2.05, 4.69) is 21.9 Å². The second-order valence-corrected chi connectivity index (χ2v) is 4.08. The summed E-state index contributed by atoms with van der Waals surface area (Å²) in [5, 5.41) is 0. The topological polar surface area (TPSA) is 38.9 Å². The van der Waals surface area contributed by atoms with Crippen molar-refractivity contribution in [2.75, 3.05) is 7.05 Å². The molecule has 0 saturated carbocycles. The highest BCUT2D eigenvalue weighted by atomic mass is 15.2. The molecule has 0 aliphatic heterocycles. The molecule has 0 aliphatic carbocycles. The van der Waals surface area contributed by atoms with Gasteiger partial charge in [-0.25, -0.2) is 9.97 Å². The first-order valence-electron chi connectivity index (χ1n) is 5.28. The van der Waals surface area contributed by atoms with Crippen molar-refractivity contribution in [1.29, 1.82) is 0 Å². The van der Waals surface area contributed by atoms with Crippen LogP contribution in [0.15, 0.2) is 24.8 Å². The molecule has 0 saturated heterocycles. The summed E-state index contributed by atoms with van der Waals surface area (Å²) in [6.07, 6.45) is 7.57. The number of hydrogen-bond acceptors (Lipinski definition) is 3. The number of nitrogens with zero attached hydrogens (tertiary/aromatic N) is 5. The summed E-state index contributed by atoms with van der Waals surface area (Å²) in [5.41, 5.74) is 0. The van der Waals surface area contributed by atoms with Gasteiger partial charge < -0.3 is 9.13 Å². The standard InChI is InChI=1S/C11H17N5/c1-14(8-10-12-4-6-15(10)2)9-11-13-5-7-16(11)3/h4-7H,8-9H2,1-3H3. The van der Waals surface area contributed by atoms with Gasteiger partial charge in [0.05, 0.1) is 13.1 Å². The maximum atomic E-state index is 4.30. The van der Waals surface area contributed by atoms with Gasteiger partial charge in [-0.3, -0.25) is 4.90 Å². The van der Waals surface area contributed by atoms with Gasteiger partial charge in [0.15, 0.2) is 0 Å². The summed E-state index contributed by atoms with van der Waals surface area (Å²) >= 11 is 0. The Bertz CT molecular complexity index is 414. The van der Waals surface area contributed by atoms with Crippen molar-refractivity contribution in [2.24, 2.45) is 14.1 Å². The maximum absolute atomic E-state index is 4.30. The van der Waals surface area contributed by atoms with Crippen LogP contribution < -0.4 is 0 Å². The predicted octanol–water partition coefficient (Wildman–Crippen LogP) is 0.786. The molecule has 0 amide bonds. The average molecular weight is 219 g/mol. The van der Waals surface area contributed by atoms with E-state index in [9.17, 15) is 0 Å². The van der Waals surface area contributed by atoms with Crippen LogP contribution in [-0.2, 0) is 27.2 Å². The molecule has 0 radical (unpaired) electrons. The number of imidazole rings is 2. The summed E-state index contributed by atoms with van der Waals surface area (Å²) in [6, 6.07) is 0. The lowest BCUT2D eigenvalue weighted by Crippen LogP contribution is -2.21. The Balaban J connectivity index is 1.97. The summed E-state index contributed by atoms with van der Waals surface area (Å²) in [5.74, 6) is 2.13. The van der Waals surface area contributed by atoms with E-state index in [0.29, 0.717) is 0 Å². The Morgan fingerprint density at radius 3 is 1.75 bits per heavy atom. The molecular weight excluding hydrogens is 202 g/mol. The van der Waals surface area contributed by atoms with Crippen LogP contribution in [0.3, 0.4) is 0 Å². The van der Waals surface area contributed by atoms with E-state index in [0.717, 1.165) is 24.7 Å². The third kappa shape index (κ3) is 2.30. The van der Waals surface area contributed by atoms with Gasteiger partial charge in [-0.15, -0.1) is 0 Å². The third-order valence-corrected chi connectivity index (χ3v) is 2.66. The zero-order chi connectivity index (χ0) is 11.5. The quantitative estimate of drug-likeness (QED) is 0.763. The minimum absolute atomic E-state index is 0.830. The SMILES string of the molecule is CN(Cc1nccn1C)Cc1nccn1C. The molecule has 2 aromatic rings. The Morgan fingerprint density at radius 1 is 1.00 bits per heavy atom. The van der Waals surface area contributed by atoms with Crippen molar-refractivity contribution in [3.63, 3.8) is 0 Å². The van der Waals surface area contributed by atoms with Crippen molar-refractivity contribution in [3.8, 4) is 0 Å². The molecule has 2 rings (SSSR count). The van der Waals surface area contributed by atoms with Crippen LogP contribution in [0, 0.1) is 0 Å². The Hall–Kier alpha value is -1.62. The first-order valence-corrected chi connectivity index (χ1v) is 5.28. The summed E-state index contributed by atoms with van der Waals surface area (Å²) in [7, 11) is 6.09. The number of aryl methyl sites for hydroxylation is 2. The van der Waals surface area contributed by atoms with E-state index in [1.165, 1.54) is 0 Å². The zero-order valence-electron chi connectivity index (χ0n) is 9.96. The minimum Gasteiger partial charge on any atom is -0.337 e. The molecule has 2 aromatic heterocycles. The maximum Gasteiger partial charge on any atom is 0.122 e. The van der Waals surface area contributed by atoms with Crippen molar-refractivity contribution in [2.45, 2.75) is 13.1 Å². The molecule has 2 heterocycles. The Kier molecular flexibility index (Phi) is 3.05. The fourth-order valence-electron chi connectivity index (χ4n) is 1.64. The van der Waals surface area contributed by atoms with Gasteiger partial charge in [-0.2, -0.15) is 0 Å². The van der Waals surface area contributed by atoms with Gasteiger partial charge in [0.25, 0.3) is 0 Å². The van der Waals surface area contributed by atoms with Crippen LogP contribution in [-0.4, -0.2) is 31.0 Å². The Labute approximate surface area is 95.4 Å². The molecule has 0 atom stereocenters. The minimum atomic E-state index is 0.830. The number of hydrogen-bond donors (Lipinski definition) is 0. The highest BCUT2D eigenvalue weighted by Crippen LogP contribution is 2.04. The average Bonchev–Trinajstić information content (AvgIpc) is 2.79. The summed E-state index contributed by atoms with van der Waals surface area (Å²) in [4.78, 5) is 10.8. The summed E-state index contributed by atoms with van der Waals surface area (Å²) in [6.45, 7) is 1.66. The Morgan fingerprint density at radius 2 is 1.44 bits per heavy atom. The molecule has 16 heavy (non-hydrogen) atoms. The van der Waals surface area contributed by atoms with E-state index >= 15 is 0 Å². The molecule has 0 N–H and O–H groups in total. The second-order valence-electron chi connectivity index (χ2n) is 4.08. The van der Waals surface area contributed by atoms with Crippen LogP contribution in [0.4, 0.5) is 0 Å². The fraction of sp³-hybridized carbons (Fsp3) is 0.455. The molecule has 0 fully saturated rings. The molecule has 0 spiro atoms. The highest BCUT2D eigenvalue weighted by Gasteiger charge is 2.07. The monoisotopic (exact) mass is 219 g/mol. The first-order chi connectivity index (χ1) is 7.66. The van der Waals surface area contributed by atoms with Crippen molar-refractivity contribution < 1.29 is 0 Å². The van der Waals surface area contributed by atoms with Gasteiger partial charge in [0, 0.05) is 38.9 Å². The van der Waals surface area contributed by atoms with E-state index in [4.69, 9.17) is 0 Å². The number of rotatable bonds is 4. The van der Waals surface area contributed by atoms with Crippen LogP contribution >= 0.6 is 0 Å². The van der Waals surface area contributed by atoms with Crippen molar-refractivity contribution in [3.05, 3.63) is 36.4 Å². The van der Waals surface area contributed by atoms with E-state index in [1.54, 1.807) is 0 Å².